The van der Waals surface area contributed by atoms with Crippen molar-refractivity contribution in [1.29, 1.82) is 0 Å². The average Bonchev–Trinajstić information content (AvgIpc) is 2.53. The van der Waals surface area contributed by atoms with Gasteiger partial charge in [-0.15, -0.1) is 0 Å². The second-order valence-corrected chi connectivity index (χ2v) is 6.40. The number of ether oxygens (including phenoxy) is 1. The van der Waals surface area contributed by atoms with Crippen LogP contribution in [-0.2, 0) is 14.8 Å². The predicted molar refractivity (Wildman–Crippen MR) is 78.9 cm³/mol. The highest BCUT2D eigenvalue weighted by Crippen LogP contribution is 2.25. The van der Waals surface area contributed by atoms with Crippen molar-refractivity contribution in [3.63, 3.8) is 0 Å². The van der Waals surface area contributed by atoms with Gasteiger partial charge in [-0.1, -0.05) is 0 Å². The molecule has 2 aromatic rings. The predicted octanol–water partition coefficient (Wildman–Crippen LogP) is 0.780. The Morgan fingerprint density at radius 3 is 2.17 bits per heavy atom. The second kappa shape index (κ2) is 6.66. The van der Waals surface area contributed by atoms with Crippen LogP contribution in [-0.4, -0.2) is 28.0 Å². The minimum absolute atomic E-state index is 0.0198. The SMILES string of the molecule is COc1ccc(S(=O)(=O)N(CC(=O)[O-])c2ccc(F)cc2)cc1. The fraction of sp³-hybridized carbons (Fsp3) is 0.133. The van der Waals surface area contributed by atoms with Crippen molar-refractivity contribution in [2.24, 2.45) is 0 Å². The largest absolute Gasteiger partial charge is 0.548 e. The summed E-state index contributed by atoms with van der Waals surface area (Å²) in [5, 5.41) is 10.9. The number of aliphatic carboxylic acids is 1. The lowest BCUT2D eigenvalue weighted by Gasteiger charge is -2.25. The van der Waals surface area contributed by atoms with Crippen LogP contribution in [0.5, 0.6) is 5.75 Å². The smallest absolute Gasteiger partial charge is 0.264 e. The highest BCUT2D eigenvalue weighted by Gasteiger charge is 2.25. The average molecular weight is 338 g/mol. The van der Waals surface area contributed by atoms with Crippen LogP contribution in [0, 0.1) is 5.82 Å². The lowest BCUT2D eigenvalue weighted by atomic mass is 10.3. The van der Waals surface area contributed by atoms with Crippen LogP contribution >= 0.6 is 0 Å². The fourth-order valence-electron chi connectivity index (χ4n) is 1.91. The number of rotatable bonds is 6. The lowest BCUT2D eigenvalue weighted by molar-refractivity contribution is -0.303. The van der Waals surface area contributed by atoms with Gasteiger partial charge in [0.1, 0.15) is 11.6 Å². The summed E-state index contributed by atoms with van der Waals surface area (Å²) in [5.74, 6) is -1.69. The molecule has 0 atom stereocenters. The van der Waals surface area contributed by atoms with Gasteiger partial charge in [0.25, 0.3) is 10.0 Å². The third-order valence-electron chi connectivity index (χ3n) is 3.03. The van der Waals surface area contributed by atoms with Gasteiger partial charge in [-0.05, 0) is 48.5 Å². The Kier molecular flexibility index (Phi) is 4.85. The van der Waals surface area contributed by atoms with Crippen LogP contribution in [0.15, 0.2) is 53.4 Å². The number of anilines is 1. The zero-order valence-corrected chi connectivity index (χ0v) is 12.9. The number of hydrogen-bond donors (Lipinski definition) is 0. The molecule has 23 heavy (non-hydrogen) atoms. The number of sulfonamides is 1. The van der Waals surface area contributed by atoms with E-state index in [9.17, 15) is 22.7 Å². The summed E-state index contributed by atoms with van der Waals surface area (Å²) in [6.45, 7) is -0.889. The summed E-state index contributed by atoms with van der Waals surface area (Å²) in [6, 6.07) is 9.91. The van der Waals surface area contributed by atoms with Crippen molar-refractivity contribution in [3.05, 3.63) is 54.3 Å². The molecule has 2 aromatic carbocycles. The third-order valence-corrected chi connectivity index (χ3v) is 4.82. The fourth-order valence-corrected chi connectivity index (χ4v) is 3.32. The summed E-state index contributed by atoms with van der Waals surface area (Å²) < 4.78 is 43.9. The number of hydrogen-bond acceptors (Lipinski definition) is 5. The van der Waals surface area contributed by atoms with E-state index in [-0.39, 0.29) is 10.6 Å². The standard InChI is InChI=1S/C15H14FNO5S/c1-22-13-6-8-14(9-7-13)23(20,21)17(10-15(18)19)12-4-2-11(16)3-5-12/h2-9H,10H2,1H3,(H,18,19)/p-1. The van der Waals surface area contributed by atoms with Crippen molar-refractivity contribution in [1.82, 2.24) is 0 Å². The van der Waals surface area contributed by atoms with Gasteiger partial charge in [-0.3, -0.25) is 4.31 Å². The normalized spacial score (nSPS) is 11.0. The molecule has 8 heteroatoms. The number of carboxylic acids is 1. The van der Waals surface area contributed by atoms with Crippen LogP contribution in [0.3, 0.4) is 0 Å². The molecule has 0 radical (unpaired) electrons. The zero-order valence-electron chi connectivity index (χ0n) is 12.1. The first-order valence-corrected chi connectivity index (χ1v) is 7.91. The Morgan fingerprint density at radius 1 is 1.13 bits per heavy atom. The Morgan fingerprint density at radius 2 is 1.70 bits per heavy atom. The van der Waals surface area contributed by atoms with Crippen molar-refractivity contribution in [2.75, 3.05) is 18.0 Å². The van der Waals surface area contributed by atoms with Crippen LogP contribution in [0.1, 0.15) is 0 Å². The molecule has 0 unspecified atom stereocenters. The molecule has 0 aliphatic heterocycles. The summed E-state index contributed by atoms with van der Waals surface area (Å²) >= 11 is 0. The van der Waals surface area contributed by atoms with E-state index in [1.54, 1.807) is 0 Å². The van der Waals surface area contributed by atoms with Crippen molar-refractivity contribution in [3.8, 4) is 5.75 Å². The molecule has 2 rings (SSSR count). The monoisotopic (exact) mass is 338 g/mol. The van der Waals surface area contributed by atoms with Gasteiger partial charge in [0, 0.05) is 0 Å². The molecule has 0 fully saturated rings. The molecule has 0 saturated carbocycles. The third kappa shape index (κ3) is 3.78. The topological polar surface area (TPSA) is 86.7 Å². The maximum Gasteiger partial charge on any atom is 0.264 e. The van der Waals surface area contributed by atoms with Crippen LogP contribution in [0.4, 0.5) is 10.1 Å². The molecular weight excluding hydrogens is 325 g/mol. The quantitative estimate of drug-likeness (QED) is 0.777. The van der Waals surface area contributed by atoms with E-state index < -0.39 is 28.4 Å². The number of carbonyl (C=O) groups is 1. The van der Waals surface area contributed by atoms with Gasteiger partial charge in [0.15, 0.2) is 0 Å². The summed E-state index contributed by atoms with van der Waals surface area (Å²) in [4.78, 5) is 10.8. The van der Waals surface area contributed by atoms with E-state index in [1.165, 1.54) is 43.5 Å². The summed E-state index contributed by atoms with van der Waals surface area (Å²) in [6.07, 6.45) is 0. The van der Waals surface area contributed by atoms with E-state index in [2.05, 4.69) is 0 Å². The van der Waals surface area contributed by atoms with Crippen molar-refractivity contribution >= 4 is 21.7 Å². The number of carboxylic acid groups (broad SMARTS) is 1. The molecule has 0 saturated heterocycles. The molecule has 0 spiro atoms. The Labute approximate surface area is 132 Å². The van der Waals surface area contributed by atoms with Gasteiger partial charge in [0.05, 0.1) is 30.2 Å². The van der Waals surface area contributed by atoms with E-state index in [0.29, 0.717) is 10.1 Å². The molecule has 0 heterocycles. The first-order valence-electron chi connectivity index (χ1n) is 6.47. The summed E-state index contributed by atoms with van der Waals surface area (Å²) in [7, 11) is -2.72. The lowest BCUT2D eigenvalue weighted by Crippen LogP contribution is -2.41. The molecule has 0 amide bonds. The van der Waals surface area contributed by atoms with E-state index >= 15 is 0 Å². The Bertz CT molecular complexity index is 788. The molecule has 122 valence electrons. The number of nitrogens with zero attached hydrogens (tertiary/aromatic N) is 1. The van der Waals surface area contributed by atoms with Crippen LogP contribution in [0.25, 0.3) is 0 Å². The van der Waals surface area contributed by atoms with E-state index in [4.69, 9.17) is 4.74 Å². The van der Waals surface area contributed by atoms with Gasteiger partial charge in [0.2, 0.25) is 0 Å². The van der Waals surface area contributed by atoms with Crippen molar-refractivity contribution < 1.29 is 27.4 Å². The number of methoxy groups -OCH3 is 1. The minimum Gasteiger partial charge on any atom is -0.548 e. The van der Waals surface area contributed by atoms with Crippen molar-refractivity contribution in [2.45, 2.75) is 4.90 Å². The molecule has 0 aromatic heterocycles. The maximum atomic E-state index is 13.0. The minimum atomic E-state index is -4.15. The first kappa shape index (κ1) is 16.8. The Hall–Kier alpha value is -2.61. The first-order chi connectivity index (χ1) is 10.8. The van der Waals surface area contributed by atoms with Gasteiger partial charge < -0.3 is 14.6 Å². The number of carbonyl (C=O) groups excluding carboxylic acids is 1. The van der Waals surface area contributed by atoms with Gasteiger partial charge in [-0.2, -0.15) is 0 Å². The second-order valence-electron chi connectivity index (χ2n) is 4.54. The van der Waals surface area contributed by atoms with Gasteiger partial charge in [-0.25, -0.2) is 12.8 Å². The van der Waals surface area contributed by atoms with E-state index in [0.717, 1.165) is 12.1 Å². The van der Waals surface area contributed by atoms with E-state index in [1.807, 2.05) is 0 Å². The molecule has 6 nitrogen and oxygen atoms in total. The summed E-state index contributed by atoms with van der Waals surface area (Å²) in [5.41, 5.74) is 0.0198. The highest BCUT2D eigenvalue weighted by atomic mass is 32.2. The van der Waals surface area contributed by atoms with Crippen LogP contribution in [0.2, 0.25) is 0 Å². The molecule has 0 N–H and O–H groups in total. The molecule has 0 aliphatic carbocycles. The van der Waals surface area contributed by atoms with Crippen LogP contribution < -0.4 is 14.1 Å². The maximum absolute atomic E-state index is 13.0. The number of halogens is 1. The zero-order chi connectivity index (χ0) is 17.0. The van der Waals surface area contributed by atoms with Gasteiger partial charge >= 0.3 is 0 Å². The highest BCUT2D eigenvalue weighted by molar-refractivity contribution is 7.92. The number of benzene rings is 2. The molecular formula is C15H13FNO5S-. The molecule has 0 aliphatic rings. The Balaban J connectivity index is 2.47. The molecule has 0 bridgehead atoms.